The zero-order chi connectivity index (χ0) is 13.2. The van der Waals surface area contributed by atoms with E-state index in [1.165, 1.54) is 12.2 Å². The van der Waals surface area contributed by atoms with E-state index in [1.54, 1.807) is 0 Å². The monoisotopic (exact) mass is 306 g/mol. The molecule has 0 saturated carbocycles. The Hall–Kier alpha value is -1.53. The SMILES string of the molecule is CCCCOC(=O)/C=C/C#Cc1ccccc1Br. The Kier molecular flexibility index (Phi) is 6.90. The summed E-state index contributed by atoms with van der Waals surface area (Å²) in [6.07, 6.45) is 4.76. The number of unbranched alkanes of at least 4 members (excludes halogenated alkanes) is 1. The summed E-state index contributed by atoms with van der Waals surface area (Å²) in [5.41, 5.74) is 0.890. The van der Waals surface area contributed by atoms with Crippen LogP contribution in [-0.2, 0) is 9.53 Å². The van der Waals surface area contributed by atoms with E-state index in [2.05, 4.69) is 27.8 Å². The largest absolute Gasteiger partial charge is 0.463 e. The summed E-state index contributed by atoms with van der Waals surface area (Å²) >= 11 is 3.40. The second-order valence-electron chi connectivity index (χ2n) is 3.60. The number of esters is 1. The van der Waals surface area contributed by atoms with Crippen molar-refractivity contribution in [2.75, 3.05) is 6.61 Å². The Labute approximate surface area is 116 Å². The highest BCUT2D eigenvalue weighted by molar-refractivity contribution is 9.10. The van der Waals surface area contributed by atoms with E-state index in [-0.39, 0.29) is 5.97 Å². The minimum atomic E-state index is -0.343. The van der Waals surface area contributed by atoms with Crippen molar-refractivity contribution in [1.29, 1.82) is 0 Å². The number of halogens is 1. The molecule has 1 aromatic carbocycles. The zero-order valence-corrected chi connectivity index (χ0v) is 11.9. The van der Waals surface area contributed by atoms with Gasteiger partial charge in [0.2, 0.25) is 0 Å². The minimum Gasteiger partial charge on any atom is -0.463 e. The molecule has 0 N–H and O–H groups in total. The molecule has 0 aliphatic carbocycles. The number of hydrogen-bond acceptors (Lipinski definition) is 2. The van der Waals surface area contributed by atoms with Crippen molar-refractivity contribution in [1.82, 2.24) is 0 Å². The van der Waals surface area contributed by atoms with Crippen LogP contribution >= 0.6 is 15.9 Å². The first-order valence-corrected chi connectivity index (χ1v) is 6.62. The average Bonchev–Trinajstić information content (AvgIpc) is 2.37. The molecule has 2 nitrogen and oxygen atoms in total. The summed E-state index contributed by atoms with van der Waals surface area (Å²) in [6.45, 7) is 2.52. The van der Waals surface area contributed by atoms with Gasteiger partial charge in [0, 0.05) is 16.1 Å². The molecule has 0 spiro atoms. The maximum Gasteiger partial charge on any atom is 0.331 e. The summed E-state index contributed by atoms with van der Waals surface area (Å²) in [6, 6.07) is 7.67. The molecule has 1 aromatic rings. The van der Waals surface area contributed by atoms with E-state index in [1.807, 2.05) is 31.2 Å². The smallest absolute Gasteiger partial charge is 0.331 e. The van der Waals surface area contributed by atoms with Crippen molar-refractivity contribution in [3.05, 3.63) is 46.5 Å². The maximum absolute atomic E-state index is 11.2. The lowest BCUT2D eigenvalue weighted by Gasteiger charge is -1.97. The molecular formula is C15H15BrO2. The van der Waals surface area contributed by atoms with Crippen molar-refractivity contribution < 1.29 is 9.53 Å². The molecule has 3 heteroatoms. The number of carbonyl (C=O) groups excluding carboxylic acids is 1. The highest BCUT2D eigenvalue weighted by Crippen LogP contribution is 2.13. The summed E-state index contributed by atoms with van der Waals surface area (Å²) in [7, 11) is 0. The summed E-state index contributed by atoms with van der Waals surface area (Å²) in [4.78, 5) is 11.2. The lowest BCUT2D eigenvalue weighted by atomic mass is 10.2. The van der Waals surface area contributed by atoms with Crippen LogP contribution in [0.3, 0.4) is 0 Å². The van der Waals surface area contributed by atoms with Crippen LogP contribution in [0.25, 0.3) is 0 Å². The Morgan fingerprint density at radius 3 is 2.94 bits per heavy atom. The van der Waals surface area contributed by atoms with E-state index in [0.717, 1.165) is 22.9 Å². The summed E-state index contributed by atoms with van der Waals surface area (Å²) in [5.74, 6) is 5.40. The number of carbonyl (C=O) groups is 1. The van der Waals surface area contributed by atoms with Crippen molar-refractivity contribution in [3.8, 4) is 11.8 Å². The Balaban J connectivity index is 2.46. The molecule has 1 rings (SSSR count). The fraction of sp³-hybridized carbons (Fsp3) is 0.267. The van der Waals surface area contributed by atoms with Crippen LogP contribution in [-0.4, -0.2) is 12.6 Å². The molecule has 0 aliphatic rings. The first kappa shape index (κ1) is 14.5. The van der Waals surface area contributed by atoms with Gasteiger partial charge in [-0.3, -0.25) is 0 Å². The maximum atomic E-state index is 11.2. The van der Waals surface area contributed by atoms with Crippen LogP contribution in [0.1, 0.15) is 25.3 Å². The van der Waals surface area contributed by atoms with E-state index in [4.69, 9.17) is 4.74 Å². The molecule has 0 bridgehead atoms. The van der Waals surface area contributed by atoms with E-state index in [0.29, 0.717) is 6.61 Å². The Morgan fingerprint density at radius 2 is 2.22 bits per heavy atom. The van der Waals surface area contributed by atoms with Gasteiger partial charge in [0.15, 0.2) is 0 Å². The first-order valence-electron chi connectivity index (χ1n) is 5.83. The molecular weight excluding hydrogens is 292 g/mol. The number of rotatable bonds is 4. The van der Waals surface area contributed by atoms with Crippen molar-refractivity contribution >= 4 is 21.9 Å². The van der Waals surface area contributed by atoms with Gasteiger partial charge in [-0.2, -0.15) is 0 Å². The van der Waals surface area contributed by atoms with Crippen LogP contribution in [0.5, 0.6) is 0 Å². The molecule has 0 unspecified atom stereocenters. The molecule has 94 valence electrons. The summed E-state index contributed by atoms with van der Waals surface area (Å²) < 4.78 is 5.90. The highest BCUT2D eigenvalue weighted by Gasteiger charge is 1.94. The van der Waals surface area contributed by atoms with Crippen molar-refractivity contribution in [2.45, 2.75) is 19.8 Å². The van der Waals surface area contributed by atoms with Gasteiger partial charge in [-0.25, -0.2) is 4.79 Å². The molecule has 0 saturated heterocycles. The van der Waals surface area contributed by atoms with Gasteiger partial charge < -0.3 is 4.74 Å². The predicted octanol–water partition coefficient (Wildman–Crippen LogP) is 3.70. The zero-order valence-electron chi connectivity index (χ0n) is 10.3. The van der Waals surface area contributed by atoms with Crippen LogP contribution in [0.4, 0.5) is 0 Å². The second kappa shape index (κ2) is 8.54. The molecule has 0 heterocycles. The van der Waals surface area contributed by atoms with Gasteiger partial charge >= 0.3 is 5.97 Å². The third-order valence-electron chi connectivity index (χ3n) is 2.13. The summed E-state index contributed by atoms with van der Waals surface area (Å²) in [5, 5.41) is 0. The molecule has 0 amide bonds. The van der Waals surface area contributed by atoms with Gasteiger partial charge in [0.05, 0.1) is 6.61 Å². The topological polar surface area (TPSA) is 26.3 Å². The number of hydrogen-bond donors (Lipinski definition) is 0. The highest BCUT2D eigenvalue weighted by atomic mass is 79.9. The molecule has 0 fully saturated rings. The van der Waals surface area contributed by atoms with Crippen LogP contribution in [0, 0.1) is 11.8 Å². The van der Waals surface area contributed by atoms with Crippen molar-refractivity contribution in [3.63, 3.8) is 0 Å². The average molecular weight is 307 g/mol. The third kappa shape index (κ3) is 5.70. The van der Waals surface area contributed by atoms with Gasteiger partial charge in [-0.15, -0.1) is 0 Å². The van der Waals surface area contributed by atoms with Crippen LogP contribution in [0.2, 0.25) is 0 Å². The van der Waals surface area contributed by atoms with Crippen LogP contribution in [0.15, 0.2) is 40.9 Å². The molecule has 0 aromatic heterocycles. The van der Waals surface area contributed by atoms with Gasteiger partial charge in [-0.05, 0) is 40.6 Å². The van der Waals surface area contributed by atoms with E-state index in [9.17, 15) is 4.79 Å². The number of allylic oxidation sites excluding steroid dienone is 1. The lowest BCUT2D eigenvalue weighted by Crippen LogP contribution is -2.01. The third-order valence-corrected chi connectivity index (χ3v) is 2.82. The number of ether oxygens (including phenoxy) is 1. The Morgan fingerprint density at radius 1 is 1.44 bits per heavy atom. The normalized spacial score (nSPS) is 9.89. The quantitative estimate of drug-likeness (QED) is 0.367. The van der Waals surface area contributed by atoms with Gasteiger partial charge in [0.25, 0.3) is 0 Å². The molecule has 0 aliphatic heterocycles. The number of benzene rings is 1. The fourth-order valence-electron chi connectivity index (χ4n) is 1.16. The van der Waals surface area contributed by atoms with Crippen molar-refractivity contribution in [2.24, 2.45) is 0 Å². The standard InChI is InChI=1S/C15H15BrO2/c1-2-3-12-18-15(17)11-7-5-9-13-8-4-6-10-14(13)16/h4,6-8,10-11H,2-3,12H2,1H3/b11-7+. The molecule has 0 radical (unpaired) electrons. The van der Waals surface area contributed by atoms with Gasteiger partial charge in [-0.1, -0.05) is 37.3 Å². The Bertz CT molecular complexity index is 481. The predicted molar refractivity (Wildman–Crippen MR) is 76.0 cm³/mol. The second-order valence-corrected chi connectivity index (χ2v) is 4.46. The fourth-order valence-corrected chi connectivity index (χ4v) is 1.54. The van der Waals surface area contributed by atoms with E-state index >= 15 is 0 Å². The molecule has 18 heavy (non-hydrogen) atoms. The minimum absolute atomic E-state index is 0.343. The lowest BCUT2D eigenvalue weighted by molar-refractivity contribution is -0.137. The first-order chi connectivity index (χ1) is 8.74. The van der Waals surface area contributed by atoms with Crippen LogP contribution < -0.4 is 0 Å². The van der Waals surface area contributed by atoms with Gasteiger partial charge in [0.1, 0.15) is 0 Å². The molecule has 0 atom stereocenters. The van der Waals surface area contributed by atoms with E-state index < -0.39 is 0 Å².